The Morgan fingerprint density at radius 3 is 2.30 bits per heavy atom. The fourth-order valence-corrected chi connectivity index (χ4v) is 3.40. The second-order valence-electron chi connectivity index (χ2n) is 7.30. The van der Waals surface area contributed by atoms with E-state index in [1.54, 1.807) is 0 Å². The lowest BCUT2D eigenvalue weighted by Gasteiger charge is -2.10. The third-order valence-corrected chi connectivity index (χ3v) is 5.01. The van der Waals surface area contributed by atoms with Crippen LogP contribution >= 0.6 is 0 Å². The van der Waals surface area contributed by atoms with Gasteiger partial charge < -0.3 is 9.30 Å². The number of hydrogen-bond donors (Lipinski definition) is 0. The summed E-state index contributed by atoms with van der Waals surface area (Å²) in [7, 11) is 0. The Kier molecular flexibility index (Phi) is 4.97. The van der Waals surface area contributed by atoms with Crippen LogP contribution in [0, 0.1) is 0 Å². The van der Waals surface area contributed by atoms with Gasteiger partial charge in [0.1, 0.15) is 12.4 Å². The van der Waals surface area contributed by atoms with Gasteiger partial charge in [-0.3, -0.25) is 0 Å². The summed E-state index contributed by atoms with van der Waals surface area (Å²) >= 11 is 0. The maximum absolute atomic E-state index is 6.10. The van der Waals surface area contributed by atoms with Crippen LogP contribution in [0.1, 0.15) is 36.5 Å². The monoisotopic (exact) mass is 355 g/mol. The molecule has 2 nitrogen and oxygen atoms in total. The summed E-state index contributed by atoms with van der Waals surface area (Å²) < 4.78 is 8.38. The summed E-state index contributed by atoms with van der Waals surface area (Å²) in [5, 5.41) is 1.16. The van der Waals surface area contributed by atoms with Crippen LogP contribution in [0.5, 0.6) is 5.75 Å². The first-order chi connectivity index (χ1) is 13.2. The first-order valence-corrected chi connectivity index (χ1v) is 9.54. The van der Waals surface area contributed by atoms with Gasteiger partial charge in [-0.2, -0.15) is 0 Å². The zero-order chi connectivity index (χ0) is 18.6. The summed E-state index contributed by atoms with van der Waals surface area (Å²) in [6.07, 6.45) is 2.15. The molecule has 0 N–H and O–H groups in total. The highest BCUT2D eigenvalue weighted by Gasteiger charge is 2.08. The normalized spacial score (nSPS) is 11.2. The van der Waals surface area contributed by atoms with Crippen LogP contribution in [0.3, 0.4) is 0 Å². The van der Waals surface area contributed by atoms with Gasteiger partial charge in [0.15, 0.2) is 0 Å². The Hall–Kier alpha value is -3.00. The van der Waals surface area contributed by atoms with Crippen molar-refractivity contribution in [2.75, 3.05) is 0 Å². The molecule has 0 atom stereocenters. The molecule has 0 radical (unpaired) electrons. The molecule has 4 aromatic rings. The Morgan fingerprint density at radius 1 is 0.778 bits per heavy atom. The van der Waals surface area contributed by atoms with Crippen molar-refractivity contribution in [1.82, 2.24) is 4.57 Å². The van der Waals surface area contributed by atoms with Crippen molar-refractivity contribution in [3.8, 4) is 5.75 Å². The van der Waals surface area contributed by atoms with Gasteiger partial charge in [0.25, 0.3) is 0 Å². The number of ether oxygens (including phenoxy) is 1. The van der Waals surface area contributed by atoms with E-state index in [0.717, 1.165) is 17.7 Å². The van der Waals surface area contributed by atoms with Crippen molar-refractivity contribution in [3.05, 3.63) is 102 Å². The summed E-state index contributed by atoms with van der Waals surface area (Å²) in [6, 6.07) is 27.7. The second-order valence-corrected chi connectivity index (χ2v) is 7.30. The predicted octanol–water partition coefficient (Wildman–Crippen LogP) is 6.39. The SMILES string of the molecule is CC(C)c1ccc(Cn2ccc3c(OCc4ccccc4)cccc32)cc1. The highest BCUT2D eigenvalue weighted by atomic mass is 16.5. The molecule has 1 heterocycles. The lowest BCUT2D eigenvalue weighted by atomic mass is 10.0. The molecule has 0 unspecified atom stereocenters. The van der Waals surface area contributed by atoms with E-state index in [2.05, 4.69) is 79.2 Å². The van der Waals surface area contributed by atoms with Gasteiger partial charge in [-0.15, -0.1) is 0 Å². The second kappa shape index (κ2) is 7.71. The van der Waals surface area contributed by atoms with Crippen LogP contribution in [-0.4, -0.2) is 4.57 Å². The Morgan fingerprint density at radius 2 is 1.56 bits per heavy atom. The molecular weight excluding hydrogens is 330 g/mol. The van der Waals surface area contributed by atoms with Crippen LogP contribution in [0.15, 0.2) is 85.1 Å². The Labute approximate surface area is 161 Å². The molecule has 0 fully saturated rings. The van der Waals surface area contributed by atoms with Gasteiger partial charge in [0.05, 0.1) is 5.52 Å². The molecule has 0 saturated carbocycles. The number of aromatic nitrogens is 1. The van der Waals surface area contributed by atoms with Crippen LogP contribution < -0.4 is 4.74 Å². The van der Waals surface area contributed by atoms with Crippen LogP contribution in [0.4, 0.5) is 0 Å². The maximum atomic E-state index is 6.10. The lowest BCUT2D eigenvalue weighted by molar-refractivity contribution is 0.310. The molecule has 3 aromatic carbocycles. The van der Waals surface area contributed by atoms with Gasteiger partial charge in [0, 0.05) is 18.1 Å². The molecule has 136 valence electrons. The van der Waals surface area contributed by atoms with Crippen molar-refractivity contribution in [3.63, 3.8) is 0 Å². The van der Waals surface area contributed by atoms with E-state index in [0.29, 0.717) is 12.5 Å². The molecule has 0 amide bonds. The lowest BCUT2D eigenvalue weighted by Crippen LogP contribution is -1.99. The molecule has 0 aliphatic rings. The van der Waals surface area contributed by atoms with Crippen molar-refractivity contribution in [2.45, 2.75) is 32.9 Å². The van der Waals surface area contributed by atoms with E-state index in [-0.39, 0.29) is 0 Å². The van der Waals surface area contributed by atoms with Crippen molar-refractivity contribution < 1.29 is 4.74 Å². The molecule has 2 heteroatoms. The van der Waals surface area contributed by atoms with Gasteiger partial charge in [-0.05, 0) is 40.8 Å². The minimum atomic E-state index is 0.566. The highest BCUT2D eigenvalue weighted by Crippen LogP contribution is 2.28. The summed E-state index contributed by atoms with van der Waals surface area (Å²) in [6.45, 7) is 5.91. The van der Waals surface area contributed by atoms with Crippen LogP contribution in [0.2, 0.25) is 0 Å². The number of hydrogen-bond acceptors (Lipinski definition) is 1. The summed E-state index contributed by atoms with van der Waals surface area (Å²) in [5.74, 6) is 1.50. The minimum Gasteiger partial charge on any atom is -0.488 e. The van der Waals surface area contributed by atoms with Gasteiger partial charge in [-0.1, -0.05) is 74.5 Å². The first kappa shape index (κ1) is 17.4. The van der Waals surface area contributed by atoms with E-state index in [9.17, 15) is 0 Å². The standard InChI is InChI=1S/C25H25NO/c1-19(2)22-13-11-20(12-14-22)17-26-16-15-23-24(26)9-6-10-25(23)27-18-21-7-4-3-5-8-21/h3-16,19H,17-18H2,1-2H3. The fourth-order valence-electron chi connectivity index (χ4n) is 3.40. The van der Waals surface area contributed by atoms with Gasteiger partial charge >= 0.3 is 0 Å². The molecule has 4 rings (SSSR count). The molecule has 1 aromatic heterocycles. The third-order valence-electron chi connectivity index (χ3n) is 5.01. The number of fused-ring (bicyclic) bond motifs is 1. The predicted molar refractivity (Wildman–Crippen MR) is 112 cm³/mol. The van der Waals surface area contributed by atoms with Crippen molar-refractivity contribution in [2.24, 2.45) is 0 Å². The topological polar surface area (TPSA) is 14.2 Å². The molecule has 0 saturated heterocycles. The quantitative estimate of drug-likeness (QED) is 0.391. The van der Waals surface area contributed by atoms with E-state index in [4.69, 9.17) is 4.74 Å². The third kappa shape index (κ3) is 3.90. The summed E-state index contributed by atoms with van der Waals surface area (Å²) in [5.41, 5.74) is 5.08. The zero-order valence-electron chi connectivity index (χ0n) is 15.9. The maximum Gasteiger partial charge on any atom is 0.129 e. The number of benzene rings is 3. The molecule has 0 spiro atoms. The van der Waals surface area contributed by atoms with E-state index >= 15 is 0 Å². The van der Waals surface area contributed by atoms with E-state index < -0.39 is 0 Å². The van der Waals surface area contributed by atoms with Crippen LogP contribution in [0.25, 0.3) is 10.9 Å². The Bertz CT molecular complexity index is 1010. The first-order valence-electron chi connectivity index (χ1n) is 9.54. The zero-order valence-corrected chi connectivity index (χ0v) is 15.9. The smallest absolute Gasteiger partial charge is 0.129 e. The van der Waals surface area contributed by atoms with E-state index in [1.165, 1.54) is 22.2 Å². The minimum absolute atomic E-state index is 0.566. The fraction of sp³-hybridized carbons (Fsp3) is 0.200. The van der Waals surface area contributed by atoms with E-state index in [1.807, 2.05) is 24.3 Å². The number of nitrogens with zero attached hydrogens (tertiary/aromatic N) is 1. The average Bonchev–Trinajstić information content (AvgIpc) is 3.11. The van der Waals surface area contributed by atoms with Crippen molar-refractivity contribution in [1.29, 1.82) is 0 Å². The molecule has 0 bridgehead atoms. The van der Waals surface area contributed by atoms with Crippen molar-refractivity contribution >= 4 is 10.9 Å². The Balaban J connectivity index is 1.55. The molecule has 0 aliphatic heterocycles. The highest BCUT2D eigenvalue weighted by molar-refractivity contribution is 5.86. The van der Waals surface area contributed by atoms with Gasteiger partial charge in [-0.25, -0.2) is 0 Å². The van der Waals surface area contributed by atoms with Gasteiger partial charge in [0.2, 0.25) is 0 Å². The largest absolute Gasteiger partial charge is 0.488 e. The molecule has 0 aliphatic carbocycles. The molecule has 27 heavy (non-hydrogen) atoms. The summed E-state index contributed by atoms with van der Waals surface area (Å²) in [4.78, 5) is 0. The average molecular weight is 355 g/mol. The molecular formula is C25H25NO. The van der Waals surface area contributed by atoms with Crippen LogP contribution in [-0.2, 0) is 13.2 Å². The number of rotatable bonds is 6.